The first kappa shape index (κ1) is 9.68. The number of allylic oxidation sites excluding steroid dienone is 2. The summed E-state index contributed by atoms with van der Waals surface area (Å²) in [6.07, 6.45) is 2.64. The van der Waals surface area contributed by atoms with Gasteiger partial charge in [-0.05, 0) is 11.6 Å². The summed E-state index contributed by atoms with van der Waals surface area (Å²) in [5, 5.41) is 14.1. The zero-order valence-corrected chi connectivity index (χ0v) is 7.68. The monoisotopic (exact) mass is 192 g/mol. The van der Waals surface area contributed by atoms with Crippen LogP contribution < -0.4 is 0 Å². The van der Waals surface area contributed by atoms with E-state index in [1.54, 1.807) is 0 Å². The summed E-state index contributed by atoms with van der Waals surface area (Å²) in [4.78, 5) is 0. The van der Waals surface area contributed by atoms with Gasteiger partial charge in [-0.25, -0.2) is 0 Å². The Bertz CT molecular complexity index is 341. The molecule has 0 saturated heterocycles. The fourth-order valence-corrected chi connectivity index (χ4v) is 1.09. The third kappa shape index (κ3) is 2.84. The molecule has 0 aliphatic heterocycles. The number of nitrogens with one attached hydrogen (secondary N) is 2. The minimum Gasteiger partial charge on any atom is -0.308 e. The van der Waals surface area contributed by atoms with Gasteiger partial charge in [0.05, 0.1) is 0 Å². The van der Waals surface area contributed by atoms with Crippen molar-refractivity contribution in [3.63, 3.8) is 0 Å². The molecule has 0 aliphatic rings. The Morgan fingerprint density at radius 3 is 2.31 bits per heavy atom. The zero-order valence-electron chi connectivity index (χ0n) is 6.92. The normalized spacial score (nSPS) is 11.0. The summed E-state index contributed by atoms with van der Waals surface area (Å²) in [6, 6.07) is 9.40. The van der Waals surface area contributed by atoms with Crippen molar-refractivity contribution in [2.75, 3.05) is 0 Å². The number of hydrogen-bond acceptors (Lipinski definition) is 2. The van der Waals surface area contributed by atoms with Gasteiger partial charge in [0.15, 0.2) is 0 Å². The smallest absolute Gasteiger partial charge is 0.121 e. The molecule has 2 N–H and O–H groups in total. The molecule has 2 nitrogen and oxygen atoms in total. The van der Waals surface area contributed by atoms with Crippen LogP contribution in [0.4, 0.5) is 0 Å². The molecule has 0 amide bonds. The third-order valence-electron chi connectivity index (χ3n) is 1.54. The molecule has 0 radical (unpaired) electrons. The molecular formula is C10H9ClN2. The topological polar surface area (TPSA) is 47.7 Å². The Morgan fingerprint density at radius 1 is 1.23 bits per heavy atom. The van der Waals surface area contributed by atoms with Gasteiger partial charge in [-0.2, -0.15) is 0 Å². The first-order valence-corrected chi connectivity index (χ1v) is 4.13. The maximum Gasteiger partial charge on any atom is 0.121 e. The van der Waals surface area contributed by atoms with Crippen LogP contribution in [-0.2, 0) is 0 Å². The zero-order chi connectivity index (χ0) is 9.68. The van der Waals surface area contributed by atoms with Crippen molar-refractivity contribution in [3.05, 3.63) is 42.0 Å². The highest BCUT2D eigenvalue weighted by Gasteiger charge is 1.97. The molecule has 0 unspecified atom stereocenters. The van der Waals surface area contributed by atoms with Crippen molar-refractivity contribution < 1.29 is 0 Å². The second-order valence-electron chi connectivity index (χ2n) is 2.46. The number of rotatable bonds is 3. The molecule has 0 aliphatic carbocycles. The van der Waals surface area contributed by atoms with Crippen LogP contribution in [0.3, 0.4) is 0 Å². The summed E-state index contributed by atoms with van der Waals surface area (Å²) < 4.78 is 0. The van der Waals surface area contributed by atoms with Gasteiger partial charge in [0.25, 0.3) is 0 Å². The van der Waals surface area contributed by atoms with Crippen molar-refractivity contribution in [1.29, 1.82) is 10.8 Å². The first-order chi connectivity index (χ1) is 6.24. The molecule has 3 heteroatoms. The highest BCUT2D eigenvalue weighted by atomic mass is 35.5. The van der Waals surface area contributed by atoms with E-state index in [1.807, 2.05) is 30.3 Å². The summed E-state index contributed by atoms with van der Waals surface area (Å²) in [7, 11) is 0. The van der Waals surface area contributed by atoms with E-state index in [9.17, 15) is 0 Å². The molecule has 0 aromatic heterocycles. The van der Waals surface area contributed by atoms with E-state index in [2.05, 4.69) is 0 Å². The predicted octanol–water partition coefficient (Wildman–Crippen LogP) is 2.94. The Balaban J connectivity index is 3.05. The van der Waals surface area contributed by atoms with Crippen molar-refractivity contribution in [2.24, 2.45) is 0 Å². The van der Waals surface area contributed by atoms with Crippen LogP contribution in [0.15, 0.2) is 36.4 Å². The van der Waals surface area contributed by atoms with E-state index in [0.717, 1.165) is 5.56 Å². The molecule has 66 valence electrons. The van der Waals surface area contributed by atoms with Crippen molar-refractivity contribution in [2.45, 2.75) is 0 Å². The Kier molecular flexibility index (Phi) is 3.41. The SMILES string of the molecule is N=C/C(=C\C(=N)Cl)c1ccccc1. The molecule has 0 atom stereocenters. The highest BCUT2D eigenvalue weighted by Crippen LogP contribution is 2.11. The standard InChI is InChI=1S/C10H9ClN2/c11-10(13)6-9(7-12)8-4-2-1-3-5-8/h1-7,12-13H/b9-6+,12-7?,13-10?. The van der Waals surface area contributed by atoms with E-state index >= 15 is 0 Å². The van der Waals surface area contributed by atoms with Crippen LogP contribution >= 0.6 is 11.6 Å². The van der Waals surface area contributed by atoms with Crippen LogP contribution in [0, 0.1) is 10.8 Å². The van der Waals surface area contributed by atoms with E-state index < -0.39 is 0 Å². The van der Waals surface area contributed by atoms with Crippen molar-refractivity contribution in [1.82, 2.24) is 0 Å². The average molecular weight is 193 g/mol. The minimum absolute atomic E-state index is 0.0673. The second kappa shape index (κ2) is 4.58. The van der Waals surface area contributed by atoms with Gasteiger partial charge in [-0.15, -0.1) is 0 Å². The molecular weight excluding hydrogens is 184 g/mol. The predicted molar refractivity (Wildman–Crippen MR) is 56.8 cm³/mol. The lowest BCUT2D eigenvalue weighted by Gasteiger charge is -1.99. The first-order valence-electron chi connectivity index (χ1n) is 3.75. The van der Waals surface area contributed by atoms with Gasteiger partial charge in [-0.3, -0.25) is 5.41 Å². The largest absolute Gasteiger partial charge is 0.308 e. The van der Waals surface area contributed by atoms with Crippen LogP contribution in [0.5, 0.6) is 0 Å². The molecule has 0 heterocycles. The third-order valence-corrected chi connectivity index (χ3v) is 1.65. The Labute approximate surface area is 81.9 Å². The van der Waals surface area contributed by atoms with Crippen LogP contribution in [-0.4, -0.2) is 11.4 Å². The number of halogens is 1. The molecule has 0 saturated carbocycles. The highest BCUT2D eigenvalue weighted by molar-refractivity contribution is 6.68. The van der Waals surface area contributed by atoms with Gasteiger partial charge in [0, 0.05) is 11.8 Å². The van der Waals surface area contributed by atoms with Gasteiger partial charge in [-0.1, -0.05) is 41.9 Å². The molecule has 0 fully saturated rings. The fourth-order valence-electron chi connectivity index (χ4n) is 0.975. The van der Waals surface area contributed by atoms with Crippen LogP contribution in [0.1, 0.15) is 5.56 Å². The van der Waals surface area contributed by atoms with Gasteiger partial charge in [0.2, 0.25) is 0 Å². The Hall–Kier alpha value is -1.41. The van der Waals surface area contributed by atoms with Crippen molar-refractivity contribution in [3.8, 4) is 0 Å². The maximum atomic E-state index is 7.14. The fraction of sp³-hybridized carbons (Fsp3) is 0. The van der Waals surface area contributed by atoms with Gasteiger partial charge in [0.1, 0.15) is 5.17 Å². The summed E-state index contributed by atoms with van der Waals surface area (Å²) in [5.74, 6) is 0. The average Bonchev–Trinajstić information content (AvgIpc) is 2.15. The van der Waals surface area contributed by atoms with Gasteiger partial charge < -0.3 is 5.41 Å². The van der Waals surface area contributed by atoms with Crippen LogP contribution in [0.2, 0.25) is 0 Å². The number of benzene rings is 1. The van der Waals surface area contributed by atoms with E-state index in [1.165, 1.54) is 12.3 Å². The number of hydrogen-bond donors (Lipinski definition) is 2. The molecule has 0 spiro atoms. The summed E-state index contributed by atoms with van der Waals surface area (Å²) in [5.41, 5.74) is 1.53. The molecule has 1 aromatic carbocycles. The van der Waals surface area contributed by atoms with E-state index in [0.29, 0.717) is 5.57 Å². The molecule has 1 rings (SSSR count). The van der Waals surface area contributed by atoms with Crippen molar-refractivity contribution >= 4 is 28.6 Å². The summed E-state index contributed by atoms with van der Waals surface area (Å²) >= 11 is 5.40. The lowest BCUT2D eigenvalue weighted by Crippen LogP contribution is -1.87. The van der Waals surface area contributed by atoms with E-state index in [4.69, 9.17) is 22.4 Å². The second-order valence-corrected chi connectivity index (χ2v) is 2.87. The minimum atomic E-state index is -0.0673. The lowest BCUT2D eigenvalue weighted by molar-refractivity contribution is 1.55. The lowest BCUT2D eigenvalue weighted by atomic mass is 10.1. The summed E-state index contributed by atoms with van der Waals surface area (Å²) in [6.45, 7) is 0. The maximum absolute atomic E-state index is 7.14. The molecule has 1 aromatic rings. The van der Waals surface area contributed by atoms with E-state index in [-0.39, 0.29) is 5.17 Å². The molecule has 13 heavy (non-hydrogen) atoms. The van der Waals surface area contributed by atoms with Crippen LogP contribution in [0.25, 0.3) is 5.57 Å². The Morgan fingerprint density at radius 2 is 1.85 bits per heavy atom. The quantitative estimate of drug-likeness (QED) is 0.692. The van der Waals surface area contributed by atoms with Gasteiger partial charge >= 0.3 is 0 Å². The molecule has 0 bridgehead atoms.